The largest absolute Gasteiger partial charge is 0.493 e. The molecule has 9 nitrogen and oxygen atoms in total. The van der Waals surface area contributed by atoms with Gasteiger partial charge in [-0.1, -0.05) is 48.5 Å². The number of hydrogen-bond donors (Lipinski definition) is 0. The van der Waals surface area contributed by atoms with Crippen molar-refractivity contribution >= 4 is 17.7 Å². The van der Waals surface area contributed by atoms with Gasteiger partial charge in [0.1, 0.15) is 12.4 Å². The minimum atomic E-state index is -1.68. The summed E-state index contributed by atoms with van der Waals surface area (Å²) in [6.07, 6.45) is 3.05. The highest BCUT2D eigenvalue weighted by molar-refractivity contribution is 5.97. The Labute approximate surface area is 242 Å². The number of amides is 1. The molecule has 9 heteroatoms. The third-order valence-electron chi connectivity index (χ3n) is 7.18. The second-order valence-corrected chi connectivity index (χ2v) is 9.62. The first-order valence-corrected chi connectivity index (χ1v) is 13.1. The second kappa shape index (κ2) is 11.9. The summed E-state index contributed by atoms with van der Waals surface area (Å²) in [7, 11) is 2.98. The van der Waals surface area contributed by atoms with Crippen molar-refractivity contribution in [3.63, 3.8) is 0 Å². The van der Waals surface area contributed by atoms with Gasteiger partial charge in [0, 0.05) is 35.4 Å². The van der Waals surface area contributed by atoms with Gasteiger partial charge in [0.15, 0.2) is 17.0 Å². The Hall–Kier alpha value is -5.62. The average molecular weight is 562 g/mol. The highest BCUT2D eigenvalue weighted by Gasteiger charge is 2.46. The van der Waals surface area contributed by atoms with Crippen LogP contribution in [0.4, 0.5) is 5.69 Å². The van der Waals surface area contributed by atoms with E-state index in [1.165, 1.54) is 37.5 Å². The van der Waals surface area contributed by atoms with Crippen molar-refractivity contribution in [1.82, 2.24) is 4.90 Å². The molecule has 4 aromatic rings. The van der Waals surface area contributed by atoms with E-state index in [4.69, 9.17) is 14.2 Å². The predicted octanol–water partition coefficient (Wildman–Crippen LogP) is 6.28. The van der Waals surface area contributed by atoms with Crippen LogP contribution in [0.25, 0.3) is 6.08 Å². The molecule has 1 unspecified atom stereocenters. The van der Waals surface area contributed by atoms with Gasteiger partial charge in [0.25, 0.3) is 11.6 Å². The topological polar surface area (TPSA) is 115 Å². The van der Waals surface area contributed by atoms with Crippen LogP contribution in [0.5, 0.6) is 17.2 Å². The van der Waals surface area contributed by atoms with Gasteiger partial charge in [-0.2, -0.15) is 5.26 Å². The summed E-state index contributed by atoms with van der Waals surface area (Å²) < 4.78 is 17.0. The number of ether oxygens (including phenoxy) is 3. The molecule has 1 heterocycles. The van der Waals surface area contributed by atoms with E-state index in [0.29, 0.717) is 33.9 Å². The molecule has 1 atom stereocenters. The molecule has 0 saturated carbocycles. The van der Waals surface area contributed by atoms with Crippen LogP contribution in [0.2, 0.25) is 0 Å². The van der Waals surface area contributed by atoms with E-state index in [9.17, 15) is 20.2 Å². The summed E-state index contributed by atoms with van der Waals surface area (Å²) in [5.41, 5.74) is 0.705. The highest BCUT2D eigenvalue weighted by atomic mass is 16.6. The first-order valence-electron chi connectivity index (χ1n) is 13.1. The summed E-state index contributed by atoms with van der Waals surface area (Å²) in [5.74, 6) is 0.755. The van der Waals surface area contributed by atoms with Gasteiger partial charge < -0.3 is 14.2 Å². The Morgan fingerprint density at radius 3 is 2.26 bits per heavy atom. The molecule has 0 bridgehead atoms. The van der Waals surface area contributed by atoms with Crippen LogP contribution in [0.3, 0.4) is 0 Å². The van der Waals surface area contributed by atoms with E-state index in [-0.39, 0.29) is 24.3 Å². The molecule has 4 aromatic carbocycles. The molecule has 0 aromatic heterocycles. The second-order valence-electron chi connectivity index (χ2n) is 9.62. The Balaban J connectivity index is 1.65. The van der Waals surface area contributed by atoms with E-state index >= 15 is 0 Å². The van der Waals surface area contributed by atoms with Crippen LogP contribution >= 0.6 is 0 Å². The van der Waals surface area contributed by atoms with Gasteiger partial charge in [-0.05, 0) is 53.6 Å². The smallest absolute Gasteiger partial charge is 0.272 e. The van der Waals surface area contributed by atoms with Crippen LogP contribution in [-0.4, -0.2) is 29.9 Å². The van der Waals surface area contributed by atoms with Crippen molar-refractivity contribution in [2.24, 2.45) is 0 Å². The monoisotopic (exact) mass is 561 g/mol. The zero-order chi connectivity index (χ0) is 29.7. The van der Waals surface area contributed by atoms with E-state index < -0.39 is 16.4 Å². The summed E-state index contributed by atoms with van der Waals surface area (Å²) >= 11 is 0. The van der Waals surface area contributed by atoms with Gasteiger partial charge in [-0.3, -0.25) is 19.8 Å². The maximum atomic E-state index is 13.9. The fourth-order valence-electron chi connectivity index (χ4n) is 5.09. The number of nitrogens with zero attached hydrogens (tertiary/aromatic N) is 3. The molecule has 210 valence electrons. The predicted molar refractivity (Wildman–Crippen MR) is 156 cm³/mol. The lowest BCUT2D eigenvalue weighted by Crippen LogP contribution is -2.49. The average Bonchev–Trinajstić information content (AvgIpc) is 3.03. The lowest BCUT2D eigenvalue weighted by atomic mass is 9.78. The lowest BCUT2D eigenvalue weighted by Gasteiger charge is -2.40. The molecule has 0 radical (unpaired) electrons. The Morgan fingerprint density at radius 2 is 1.62 bits per heavy atom. The third-order valence-corrected chi connectivity index (χ3v) is 7.18. The SMILES string of the molecule is COc1cc2c(cc1OC)C(C#N)(Cc1cc(OCc3ccccc3)ccc1[N+](=O)[O-])N(C(=O)c1ccccc1)C=C2. The molecule has 5 rings (SSSR count). The molecule has 42 heavy (non-hydrogen) atoms. The normalized spacial score (nSPS) is 15.3. The van der Waals surface area contributed by atoms with Crippen molar-refractivity contribution in [3.8, 4) is 23.3 Å². The standard InChI is InChI=1S/C33H27N3O6/c1-40-30-18-25-15-16-35(32(37)24-11-7-4-8-12-24)33(22-34,28(25)19-31(30)41-2)20-26-17-27(13-14-29(26)36(38)39)42-21-23-9-5-3-6-10-23/h3-19H,20-21H2,1-2H3. The number of nitriles is 1. The van der Waals surface area contributed by atoms with Crippen LogP contribution in [0, 0.1) is 21.4 Å². The van der Waals surface area contributed by atoms with Crippen molar-refractivity contribution in [1.29, 1.82) is 5.26 Å². The van der Waals surface area contributed by atoms with Gasteiger partial charge in [0.05, 0.1) is 25.2 Å². The van der Waals surface area contributed by atoms with Crippen molar-refractivity contribution in [3.05, 3.63) is 135 Å². The van der Waals surface area contributed by atoms with Gasteiger partial charge >= 0.3 is 0 Å². The molecular formula is C33H27N3O6. The zero-order valence-electron chi connectivity index (χ0n) is 23.0. The number of hydrogen-bond acceptors (Lipinski definition) is 7. The van der Waals surface area contributed by atoms with Crippen molar-refractivity contribution < 1.29 is 23.9 Å². The fraction of sp³-hybridized carbons (Fsp3) is 0.152. The number of nitro groups is 1. The first-order chi connectivity index (χ1) is 20.4. The van der Waals surface area contributed by atoms with Crippen molar-refractivity contribution in [2.75, 3.05) is 14.2 Å². The molecule has 0 aliphatic carbocycles. The van der Waals surface area contributed by atoms with Crippen LogP contribution in [0.15, 0.2) is 97.2 Å². The van der Waals surface area contributed by atoms with Crippen LogP contribution in [-0.2, 0) is 18.6 Å². The van der Waals surface area contributed by atoms with Gasteiger partial charge in [0.2, 0.25) is 0 Å². The number of benzene rings is 4. The summed E-state index contributed by atoms with van der Waals surface area (Å²) in [5, 5.41) is 23.1. The first kappa shape index (κ1) is 27.9. The van der Waals surface area contributed by atoms with Crippen LogP contribution in [0.1, 0.15) is 32.6 Å². The lowest BCUT2D eigenvalue weighted by molar-refractivity contribution is -0.385. The molecule has 0 fully saturated rings. The minimum Gasteiger partial charge on any atom is -0.493 e. The summed E-state index contributed by atoms with van der Waals surface area (Å²) in [4.78, 5) is 26.9. The number of rotatable bonds is 9. The Morgan fingerprint density at radius 1 is 0.952 bits per heavy atom. The maximum Gasteiger partial charge on any atom is 0.272 e. The number of nitro benzene ring substituents is 1. The van der Waals surface area contributed by atoms with E-state index in [1.54, 1.807) is 54.6 Å². The van der Waals surface area contributed by atoms with Crippen LogP contribution < -0.4 is 14.2 Å². The molecule has 0 N–H and O–H groups in total. The fourth-order valence-corrected chi connectivity index (χ4v) is 5.09. The molecule has 1 aliphatic heterocycles. The van der Waals surface area contributed by atoms with E-state index in [0.717, 1.165) is 5.56 Å². The molecule has 0 saturated heterocycles. The molecular weight excluding hydrogens is 534 g/mol. The van der Waals surface area contributed by atoms with E-state index in [2.05, 4.69) is 6.07 Å². The zero-order valence-corrected chi connectivity index (χ0v) is 23.0. The maximum absolute atomic E-state index is 13.9. The van der Waals surface area contributed by atoms with Crippen molar-refractivity contribution in [2.45, 2.75) is 18.6 Å². The number of carbonyl (C=O) groups excluding carboxylic acids is 1. The highest BCUT2D eigenvalue weighted by Crippen LogP contribution is 2.45. The van der Waals surface area contributed by atoms with Gasteiger partial charge in [-0.25, -0.2) is 0 Å². The number of carbonyl (C=O) groups is 1. The summed E-state index contributed by atoms with van der Waals surface area (Å²) in [6.45, 7) is 0.253. The Kier molecular flexibility index (Phi) is 7.89. The quantitative estimate of drug-likeness (QED) is 0.174. The van der Waals surface area contributed by atoms with E-state index in [1.807, 2.05) is 30.3 Å². The number of fused-ring (bicyclic) bond motifs is 1. The third kappa shape index (κ3) is 5.25. The summed E-state index contributed by atoms with van der Waals surface area (Å²) in [6, 6.07) is 28.2. The molecule has 1 amide bonds. The van der Waals surface area contributed by atoms with Gasteiger partial charge in [-0.15, -0.1) is 0 Å². The number of methoxy groups -OCH3 is 2. The molecule has 0 spiro atoms. The minimum absolute atomic E-state index is 0.194. The Bertz CT molecular complexity index is 1700. The molecule has 1 aliphatic rings.